The van der Waals surface area contributed by atoms with Crippen LogP contribution in [0, 0.1) is 20.8 Å². The normalized spacial score (nSPS) is 17.2. The van der Waals surface area contributed by atoms with Crippen LogP contribution in [0.5, 0.6) is 0 Å². The molecule has 1 fully saturated rings. The number of hydrogen-bond donors (Lipinski definition) is 3. The maximum Gasteiger partial charge on any atom is 0.256 e. The molecular formula is C31H35N5O3. The lowest BCUT2D eigenvalue weighted by atomic mass is 10.0. The number of hydrogen-bond acceptors (Lipinski definition) is 4. The number of anilines is 1. The first kappa shape index (κ1) is 26.4. The maximum absolute atomic E-state index is 13.3. The van der Waals surface area contributed by atoms with Crippen molar-refractivity contribution < 1.29 is 14.4 Å². The number of aryl methyl sites for hydroxylation is 2. The lowest BCUT2D eigenvalue weighted by Crippen LogP contribution is -2.47. The first-order chi connectivity index (χ1) is 18.6. The minimum Gasteiger partial charge on any atom is -0.358 e. The molecule has 8 nitrogen and oxygen atoms in total. The third-order valence-corrected chi connectivity index (χ3v) is 7.76. The van der Waals surface area contributed by atoms with Gasteiger partial charge in [0.05, 0.1) is 17.2 Å². The zero-order valence-electron chi connectivity index (χ0n) is 23.1. The molecule has 2 aromatic carbocycles. The van der Waals surface area contributed by atoms with Crippen LogP contribution >= 0.6 is 0 Å². The molecule has 8 heteroatoms. The van der Waals surface area contributed by atoms with Gasteiger partial charge >= 0.3 is 0 Å². The van der Waals surface area contributed by atoms with Crippen molar-refractivity contribution in [3.8, 4) is 0 Å². The van der Waals surface area contributed by atoms with E-state index in [4.69, 9.17) is 0 Å². The van der Waals surface area contributed by atoms with Crippen LogP contribution in [0.1, 0.15) is 67.3 Å². The molecule has 0 bridgehead atoms. The molecule has 3 amide bonds. The fourth-order valence-electron chi connectivity index (χ4n) is 5.24. The molecule has 39 heavy (non-hydrogen) atoms. The van der Waals surface area contributed by atoms with Gasteiger partial charge in [0.15, 0.2) is 0 Å². The van der Waals surface area contributed by atoms with Gasteiger partial charge in [-0.15, -0.1) is 0 Å². The van der Waals surface area contributed by atoms with Gasteiger partial charge in [0.25, 0.3) is 17.7 Å². The highest BCUT2D eigenvalue weighted by Gasteiger charge is 2.28. The molecule has 2 aliphatic rings. The van der Waals surface area contributed by atoms with E-state index in [9.17, 15) is 14.4 Å². The van der Waals surface area contributed by atoms with Crippen molar-refractivity contribution in [2.75, 3.05) is 38.5 Å². The molecule has 2 aliphatic heterocycles. The van der Waals surface area contributed by atoms with Crippen LogP contribution in [-0.2, 0) is 4.79 Å². The second-order valence-corrected chi connectivity index (χ2v) is 10.6. The minimum absolute atomic E-state index is 0.0110. The first-order valence-corrected chi connectivity index (χ1v) is 13.3. The van der Waals surface area contributed by atoms with Gasteiger partial charge in [-0.25, -0.2) is 0 Å². The number of rotatable bonds is 5. The fourth-order valence-corrected chi connectivity index (χ4v) is 5.24. The minimum atomic E-state index is -0.242. The second kappa shape index (κ2) is 10.5. The summed E-state index contributed by atoms with van der Waals surface area (Å²) in [6.45, 7) is 10.9. The van der Waals surface area contributed by atoms with Gasteiger partial charge in [-0.3, -0.25) is 14.4 Å². The zero-order chi connectivity index (χ0) is 27.8. The summed E-state index contributed by atoms with van der Waals surface area (Å²) in [4.78, 5) is 46.8. The molecule has 0 spiro atoms. The highest BCUT2D eigenvalue weighted by molar-refractivity contribution is 6.35. The Labute approximate surface area is 229 Å². The first-order valence-electron chi connectivity index (χ1n) is 13.3. The van der Waals surface area contributed by atoms with Gasteiger partial charge in [-0.05, 0) is 70.1 Å². The number of carbonyl (C=O) groups excluding carboxylic acids is 3. The number of piperazine rings is 1. The topological polar surface area (TPSA) is 97.5 Å². The molecule has 3 N–H and O–H groups in total. The van der Waals surface area contributed by atoms with Gasteiger partial charge < -0.3 is 25.4 Å². The van der Waals surface area contributed by atoms with Crippen molar-refractivity contribution >= 4 is 35.1 Å². The number of nitrogens with zero attached hydrogens (tertiary/aromatic N) is 2. The summed E-state index contributed by atoms with van der Waals surface area (Å²) in [6, 6.07) is 13.1. The van der Waals surface area contributed by atoms with Crippen molar-refractivity contribution in [1.82, 2.24) is 20.1 Å². The summed E-state index contributed by atoms with van der Waals surface area (Å²) in [5.74, 6) is -0.442. The second-order valence-electron chi connectivity index (χ2n) is 10.6. The van der Waals surface area contributed by atoms with Crippen LogP contribution in [0.15, 0.2) is 42.5 Å². The molecule has 0 unspecified atom stereocenters. The van der Waals surface area contributed by atoms with E-state index in [1.807, 2.05) is 56.9 Å². The smallest absolute Gasteiger partial charge is 0.256 e. The fraction of sp³-hybridized carbons (Fsp3) is 0.323. The highest BCUT2D eigenvalue weighted by Crippen LogP contribution is 2.35. The Kier molecular flexibility index (Phi) is 7.14. The summed E-state index contributed by atoms with van der Waals surface area (Å²) < 4.78 is 0. The van der Waals surface area contributed by atoms with E-state index in [-0.39, 0.29) is 23.8 Å². The van der Waals surface area contributed by atoms with Crippen molar-refractivity contribution in [2.45, 2.75) is 33.7 Å². The summed E-state index contributed by atoms with van der Waals surface area (Å²) in [5, 5.41) is 5.94. The Morgan fingerprint density at radius 3 is 2.38 bits per heavy atom. The molecule has 3 aromatic rings. The Hall–Kier alpha value is -4.17. The van der Waals surface area contributed by atoms with Gasteiger partial charge in [0.2, 0.25) is 0 Å². The number of carbonyl (C=O) groups is 3. The van der Waals surface area contributed by atoms with E-state index in [0.717, 1.165) is 35.5 Å². The van der Waals surface area contributed by atoms with Crippen LogP contribution in [0.4, 0.5) is 5.69 Å². The van der Waals surface area contributed by atoms with E-state index in [2.05, 4.69) is 27.6 Å². The molecule has 0 aliphatic carbocycles. The van der Waals surface area contributed by atoms with Crippen molar-refractivity contribution in [1.29, 1.82) is 0 Å². The summed E-state index contributed by atoms with van der Waals surface area (Å²) in [7, 11) is 2.06. The third kappa shape index (κ3) is 5.25. The standard InChI is InChI=1S/C31H35N5O3/c1-18-6-8-22(9-7-18)20(3)33-29(37)23-10-11-26-24(16-23)25(30(38)34-26)17-27-19(2)28(21(4)32-27)31(39)36-14-12-35(5)13-15-36/h6-11,16-17,20,32H,12-15H2,1-5H3,(H,33,37)(H,34,38)/t20-/m1/s1. The molecule has 1 saturated heterocycles. The number of amides is 3. The average molecular weight is 526 g/mol. The SMILES string of the molecule is Cc1ccc([C@@H](C)NC(=O)c2ccc3c(c2)C(=Cc2[nH]c(C)c(C(=O)N4CCN(C)CC4)c2C)C(=O)N3)cc1. The predicted molar refractivity (Wildman–Crippen MR) is 154 cm³/mol. The van der Waals surface area contributed by atoms with Crippen LogP contribution < -0.4 is 10.6 Å². The number of fused-ring (bicyclic) bond motifs is 1. The Morgan fingerprint density at radius 1 is 1.00 bits per heavy atom. The lowest BCUT2D eigenvalue weighted by Gasteiger charge is -2.32. The van der Waals surface area contributed by atoms with Gasteiger partial charge in [0, 0.05) is 54.4 Å². The molecule has 1 aromatic heterocycles. The van der Waals surface area contributed by atoms with Crippen molar-refractivity contribution in [3.63, 3.8) is 0 Å². The van der Waals surface area contributed by atoms with Crippen LogP contribution in [0.3, 0.4) is 0 Å². The van der Waals surface area contributed by atoms with Crippen LogP contribution in [-0.4, -0.2) is 65.7 Å². The molecule has 0 saturated carbocycles. The summed E-state index contributed by atoms with van der Waals surface area (Å²) in [5.41, 5.74) is 7.39. The van der Waals surface area contributed by atoms with Crippen molar-refractivity contribution in [3.05, 3.63) is 87.2 Å². The number of likely N-dealkylation sites (N-methyl/N-ethyl adjacent to an activating group) is 1. The molecule has 202 valence electrons. The maximum atomic E-state index is 13.3. The van der Waals surface area contributed by atoms with E-state index >= 15 is 0 Å². The largest absolute Gasteiger partial charge is 0.358 e. The van der Waals surface area contributed by atoms with Crippen LogP contribution in [0.2, 0.25) is 0 Å². The quantitative estimate of drug-likeness (QED) is 0.433. The average Bonchev–Trinajstić information content (AvgIpc) is 3.38. The molecule has 0 radical (unpaired) electrons. The Balaban J connectivity index is 1.40. The van der Waals surface area contributed by atoms with Crippen molar-refractivity contribution in [2.24, 2.45) is 0 Å². The monoisotopic (exact) mass is 525 g/mol. The number of aromatic nitrogens is 1. The van der Waals surface area contributed by atoms with E-state index < -0.39 is 0 Å². The summed E-state index contributed by atoms with van der Waals surface area (Å²) >= 11 is 0. The third-order valence-electron chi connectivity index (χ3n) is 7.76. The van der Waals surface area contributed by atoms with Gasteiger partial charge in [-0.1, -0.05) is 29.8 Å². The number of benzene rings is 2. The highest BCUT2D eigenvalue weighted by atomic mass is 16.2. The number of aromatic amines is 1. The number of nitrogens with one attached hydrogen (secondary N) is 3. The van der Waals surface area contributed by atoms with Gasteiger partial charge in [-0.2, -0.15) is 0 Å². The Bertz CT molecular complexity index is 1480. The predicted octanol–water partition coefficient (Wildman–Crippen LogP) is 4.31. The molecule has 1 atom stereocenters. The molecule has 3 heterocycles. The van der Waals surface area contributed by atoms with E-state index in [1.165, 1.54) is 0 Å². The molecule has 5 rings (SSSR count). The lowest BCUT2D eigenvalue weighted by molar-refractivity contribution is -0.110. The van der Waals surface area contributed by atoms with Crippen LogP contribution in [0.25, 0.3) is 11.6 Å². The zero-order valence-corrected chi connectivity index (χ0v) is 23.1. The van der Waals surface area contributed by atoms with E-state index in [0.29, 0.717) is 46.7 Å². The molecular weight excluding hydrogens is 490 g/mol. The Morgan fingerprint density at radius 2 is 1.69 bits per heavy atom. The van der Waals surface area contributed by atoms with Gasteiger partial charge in [0.1, 0.15) is 0 Å². The van der Waals surface area contributed by atoms with E-state index in [1.54, 1.807) is 24.3 Å². The summed E-state index contributed by atoms with van der Waals surface area (Å²) in [6.07, 6.45) is 1.78. The number of H-pyrrole nitrogens is 1.